The molecule has 2 amide bonds. The van der Waals surface area contributed by atoms with Crippen LogP contribution in [-0.4, -0.2) is 47.8 Å². The summed E-state index contributed by atoms with van der Waals surface area (Å²) in [6.07, 6.45) is 0.422. The lowest BCUT2D eigenvalue weighted by molar-refractivity contribution is -0.131. The zero-order valence-corrected chi connectivity index (χ0v) is 14.9. The summed E-state index contributed by atoms with van der Waals surface area (Å²) in [5, 5.41) is 0. The number of nitrogens with zero attached hydrogens (tertiary/aromatic N) is 2. The number of hydrogen-bond acceptors (Lipinski definition) is 2. The maximum Gasteiger partial charge on any atom is 0.254 e. The Morgan fingerprint density at radius 3 is 2.16 bits per heavy atom. The molecule has 4 nitrogen and oxygen atoms in total. The second-order valence-corrected chi connectivity index (χ2v) is 6.65. The van der Waals surface area contributed by atoms with Crippen LogP contribution in [0.2, 0.25) is 0 Å². The van der Waals surface area contributed by atoms with Gasteiger partial charge in [-0.25, -0.2) is 0 Å². The summed E-state index contributed by atoms with van der Waals surface area (Å²) in [6.45, 7) is 6.38. The molecule has 1 fully saturated rings. The minimum atomic E-state index is 0.0626. The molecule has 0 atom stereocenters. The summed E-state index contributed by atoms with van der Waals surface area (Å²) in [4.78, 5) is 28.9. The Kier molecular flexibility index (Phi) is 5.17. The molecule has 25 heavy (non-hydrogen) atoms. The zero-order valence-electron chi connectivity index (χ0n) is 14.9. The number of rotatable bonds is 3. The molecule has 1 aliphatic rings. The molecule has 2 aromatic carbocycles. The van der Waals surface area contributed by atoms with E-state index in [0.29, 0.717) is 32.6 Å². The maximum atomic E-state index is 12.7. The maximum absolute atomic E-state index is 12.7. The van der Waals surface area contributed by atoms with E-state index in [4.69, 9.17) is 0 Å². The van der Waals surface area contributed by atoms with Gasteiger partial charge in [-0.2, -0.15) is 0 Å². The summed E-state index contributed by atoms with van der Waals surface area (Å²) in [6, 6.07) is 15.7. The van der Waals surface area contributed by atoms with Crippen LogP contribution in [0.15, 0.2) is 48.5 Å². The van der Waals surface area contributed by atoms with Crippen molar-refractivity contribution in [3.63, 3.8) is 0 Å². The Labute approximate surface area is 149 Å². The van der Waals surface area contributed by atoms with Gasteiger partial charge in [-0.05, 0) is 31.0 Å². The van der Waals surface area contributed by atoms with Crippen LogP contribution in [0.4, 0.5) is 0 Å². The SMILES string of the molecule is Cc1ccc(C(=O)N2CCN(C(=O)Cc3ccccc3)CC2)c(C)c1. The molecule has 1 aliphatic heterocycles. The highest BCUT2D eigenvalue weighted by Gasteiger charge is 2.25. The third kappa shape index (κ3) is 4.08. The van der Waals surface area contributed by atoms with Gasteiger partial charge < -0.3 is 9.80 Å². The van der Waals surface area contributed by atoms with Crippen LogP contribution in [-0.2, 0) is 11.2 Å². The van der Waals surface area contributed by atoms with Crippen molar-refractivity contribution in [3.05, 3.63) is 70.8 Å². The van der Waals surface area contributed by atoms with E-state index in [0.717, 1.165) is 22.3 Å². The Bertz CT molecular complexity index is 763. The first kappa shape index (κ1) is 17.2. The molecule has 0 aromatic heterocycles. The van der Waals surface area contributed by atoms with Crippen LogP contribution in [0.1, 0.15) is 27.0 Å². The second kappa shape index (κ2) is 7.51. The molecule has 0 radical (unpaired) electrons. The monoisotopic (exact) mass is 336 g/mol. The molecule has 0 aliphatic carbocycles. The van der Waals surface area contributed by atoms with Crippen LogP contribution in [0.3, 0.4) is 0 Å². The Hall–Kier alpha value is -2.62. The molecular weight excluding hydrogens is 312 g/mol. The van der Waals surface area contributed by atoms with E-state index in [1.54, 1.807) is 0 Å². The van der Waals surface area contributed by atoms with Crippen molar-refractivity contribution < 1.29 is 9.59 Å². The van der Waals surface area contributed by atoms with Gasteiger partial charge in [0.2, 0.25) is 5.91 Å². The van der Waals surface area contributed by atoms with Crippen LogP contribution in [0.5, 0.6) is 0 Å². The average molecular weight is 336 g/mol. The van der Waals surface area contributed by atoms with Crippen molar-refractivity contribution in [1.29, 1.82) is 0 Å². The summed E-state index contributed by atoms with van der Waals surface area (Å²) < 4.78 is 0. The second-order valence-electron chi connectivity index (χ2n) is 6.65. The number of piperazine rings is 1. The fourth-order valence-corrected chi connectivity index (χ4v) is 3.27. The Morgan fingerprint density at radius 1 is 0.880 bits per heavy atom. The van der Waals surface area contributed by atoms with Gasteiger partial charge in [0, 0.05) is 31.7 Å². The minimum Gasteiger partial charge on any atom is -0.339 e. The molecule has 0 bridgehead atoms. The molecule has 130 valence electrons. The molecule has 0 unspecified atom stereocenters. The van der Waals surface area contributed by atoms with E-state index in [1.165, 1.54) is 0 Å². The summed E-state index contributed by atoms with van der Waals surface area (Å²) in [7, 11) is 0. The molecule has 0 saturated carbocycles. The fraction of sp³-hybridized carbons (Fsp3) is 0.333. The van der Waals surface area contributed by atoms with Crippen LogP contribution in [0, 0.1) is 13.8 Å². The molecule has 3 rings (SSSR count). The summed E-state index contributed by atoms with van der Waals surface area (Å²) in [5.74, 6) is 0.192. The van der Waals surface area contributed by atoms with E-state index in [2.05, 4.69) is 0 Å². The first-order chi connectivity index (χ1) is 12.0. The number of aryl methyl sites for hydroxylation is 2. The topological polar surface area (TPSA) is 40.6 Å². The molecule has 0 spiro atoms. The quantitative estimate of drug-likeness (QED) is 0.865. The van der Waals surface area contributed by atoms with Gasteiger partial charge in [-0.15, -0.1) is 0 Å². The lowest BCUT2D eigenvalue weighted by atomic mass is 10.0. The third-order valence-corrected chi connectivity index (χ3v) is 4.73. The molecular formula is C21H24N2O2. The minimum absolute atomic E-state index is 0.0626. The van der Waals surface area contributed by atoms with E-state index < -0.39 is 0 Å². The standard InChI is InChI=1S/C21H24N2O2/c1-16-8-9-19(17(2)14-16)21(25)23-12-10-22(11-13-23)20(24)15-18-6-4-3-5-7-18/h3-9,14H,10-13,15H2,1-2H3. The first-order valence-electron chi connectivity index (χ1n) is 8.73. The molecule has 4 heteroatoms. The largest absolute Gasteiger partial charge is 0.339 e. The van der Waals surface area contributed by atoms with Gasteiger partial charge >= 0.3 is 0 Å². The predicted octanol–water partition coefficient (Wildman–Crippen LogP) is 2.83. The lowest BCUT2D eigenvalue weighted by Gasteiger charge is -2.35. The summed E-state index contributed by atoms with van der Waals surface area (Å²) >= 11 is 0. The smallest absolute Gasteiger partial charge is 0.254 e. The normalized spacial score (nSPS) is 14.5. The van der Waals surface area contributed by atoms with E-state index in [-0.39, 0.29) is 11.8 Å². The van der Waals surface area contributed by atoms with Crippen molar-refractivity contribution in [2.24, 2.45) is 0 Å². The van der Waals surface area contributed by atoms with Gasteiger partial charge in [0.1, 0.15) is 0 Å². The van der Waals surface area contributed by atoms with Crippen LogP contribution < -0.4 is 0 Å². The zero-order chi connectivity index (χ0) is 17.8. The summed E-state index contributed by atoms with van der Waals surface area (Å²) in [5.41, 5.74) is 3.95. The number of carbonyl (C=O) groups is 2. The number of benzene rings is 2. The number of hydrogen-bond donors (Lipinski definition) is 0. The first-order valence-corrected chi connectivity index (χ1v) is 8.73. The third-order valence-electron chi connectivity index (χ3n) is 4.73. The van der Waals surface area contributed by atoms with Crippen molar-refractivity contribution in [3.8, 4) is 0 Å². The Balaban J connectivity index is 1.58. The highest BCUT2D eigenvalue weighted by atomic mass is 16.2. The van der Waals surface area contributed by atoms with Crippen LogP contribution in [0.25, 0.3) is 0 Å². The molecule has 2 aromatic rings. The van der Waals surface area contributed by atoms with E-state index >= 15 is 0 Å². The lowest BCUT2D eigenvalue weighted by Crippen LogP contribution is -2.51. The molecule has 1 heterocycles. The van der Waals surface area contributed by atoms with Crippen molar-refractivity contribution in [1.82, 2.24) is 9.80 Å². The Morgan fingerprint density at radius 2 is 1.52 bits per heavy atom. The van der Waals surface area contributed by atoms with Gasteiger partial charge in [-0.3, -0.25) is 9.59 Å². The van der Waals surface area contributed by atoms with Crippen molar-refractivity contribution >= 4 is 11.8 Å². The number of amides is 2. The predicted molar refractivity (Wildman–Crippen MR) is 98.5 cm³/mol. The van der Waals surface area contributed by atoms with Gasteiger partial charge in [0.05, 0.1) is 6.42 Å². The molecule has 0 N–H and O–H groups in total. The average Bonchev–Trinajstić information content (AvgIpc) is 2.62. The van der Waals surface area contributed by atoms with Gasteiger partial charge in [-0.1, -0.05) is 48.0 Å². The van der Waals surface area contributed by atoms with Gasteiger partial charge in [0.25, 0.3) is 5.91 Å². The van der Waals surface area contributed by atoms with E-state index in [9.17, 15) is 9.59 Å². The van der Waals surface area contributed by atoms with Gasteiger partial charge in [0.15, 0.2) is 0 Å². The molecule has 1 saturated heterocycles. The van der Waals surface area contributed by atoms with E-state index in [1.807, 2.05) is 72.2 Å². The highest BCUT2D eigenvalue weighted by Crippen LogP contribution is 2.15. The fourth-order valence-electron chi connectivity index (χ4n) is 3.27. The number of carbonyl (C=O) groups excluding carboxylic acids is 2. The van der Waals surface area contributed by atoms with Crippen LogP contribution >= 0.6 is 0 Å². The van der Waals surface area contributed by atoms with Crippen molar-refractivity contribution in [2.45, 2.75) is 20.3 Å². The highest BCUT2D eigenvalue weighted by molar-refractivity contribution is 5.96. The van der Waals surface area contributed by atoms with Crippen molar-refractivity contribution in [2.75, 3.05) is 26.2 Å².